The summed E-state index contributed by atoms with van der Waals surface area (Å²) in [5.74, 6) is 1.90. The fourth-order valence-electron chi connectivity index (χ4n) is 2.27. The second-order valence-corrected chi connectivity index (χ2v) is 5.07. The molecule has 0 bridgehead atoms. The Hall–Kier alpha value is -3.48. The highest BCUT2D eigenvalue weighted by molar-refractivity contribution is 5.64. The van der Waals surface area contributed by atoms with Crippen LogP contribution in [0.2, 0.25) is 0 Å². The summed E-state index contributed by atoms with van der Waals surface area (Å²) >= 11 is 0. The van der Waals surface area contributed by atoms with Crippen molar-refractivity contribution in [3.8, 4) is 40.3 Å². The highest BCUT2D eigenvalue weighted by Gasteiger charge is 2.18. The molecule has 1 heterocycles. The van der Waals surface area contributed by atoms with Crippen LogP contribution in [0.5, 0.6) is 28.9 Å². The van der Waals surface area contributed by atoms with Gasteiger partial charge in [0.1, 0.15) is 5.75 Å². The van der Waals surface area contributed by atoms with Crippen molar-refractivity contribution >= 4 is 5.82 Å². The van der Waals surface area contributed by atoms with Gasteiger partial charge in [0.15, 0.2) is 23.1 Å². The molecular weight excluding hydrogens is 322 g/mol. The van der Waals surface area contributed by atoms with E-state index in [1.165, 1.54) is 13.2 Å². The third kappa shape index (κ3) is 3.40. The van der Waals surface area contributed by atoms with Crippen molar-refractivity contribution in [3.05, 3.63) is 48.5 Å². The topological polar surface area (TPSA) is 99.7 Å². The molecule has 25 heavy (non-hydrogen) atoms. The molecule has 3 aromatic rings. The van der Waals surface area contributed by atoms with Crippen molar-refractivity contribution in [2.24, 2.45) is 0 Å². The Kier molecular flexibility index (Phi) is 4.56. The molecule has 0 spiro atoms. The lowest BCUT2D eigenvalue weighted by Gasteiger charge is -2.14. The summed E-state index contributed by atoms with van der Waals surface area (Å²) in [7, 11) is 3.01. The largest absolute Gasteiger partial charge is 0.508 e. The van der Waals surface area contributed by atoms with Gasteiger partial charge in [0, 0.05) is 5.56 Å². The molecule has 0 radical (unpaired) electrons. The molecule has 7 nitrogen and oxygen atoms in total. The first-order valence-corrected chi connectivity index (χ1v) is 7.44. The van der Waals surface area contributed by atoms with Crippen LogP contribution < -0.4 is 19.9 Å². The molecule has 0 aliphatic heterocycles. The number of para-hydroxylation sites is 2. The summed E-state index contributed by atoms with van der Waals surface area (Å²) in [6.07, 6.45) is 0. The molecule has 2 aromatic carbocycles. The number of hydrogen-bond donors (Lipinski definition) is 2. The Morgan fingerprint density at radius 2 is 1.68 bits per heavy atom. The molecule has 0 saturated heterocycles. The zero-order valence-electron chi connectivity index (χ0n) is 13.8. The van der Waals surface area contributed by atoms with Crippen LogP contribution in [0.1, 0.15) is 0 Å². The van der Waals surface area contributed by atoms with E-state index < -0.39 is 0 Å². The van der Waals surface area contributed by atoms with Gasteiger partial charge in [-0.05, 0) is 24.3 Å². The molecule has 0 aliphatic rings. The van der Waals surface area contributed by atoms with E-state index in [2.05, 4.69) is 9.97 Å². The van der Waals surface area contributed by atoms with Crippen molar-refractivity contribution in [3.63, 3.8) is 0 Å². The number of ether oxygens (including phenoxy) is 3. The summed E-state index contributed by atoms with van der Waals surface area (Å²) < 4.78 is 16.4. The van der Waals surface area contributed by atoms with Crippen molar-refractivity contribution in [1.82, 2.24) is 9.97 Å². The van der Waals surface area contributed by atoms with Crippen LogP contribution in [0.15, 0.2) is 48.5 Å². The number of nitrogens with zero attached hydrogens (tertiary/aromatic N) is 2. The number of nitrogens with two attached hydrogens (primary N) is 1. The van der Waals surface area contributed by atoms with Gasteiger partial charge in [-0.1, -0.05) is 24.3 Å². The van der Waals surface area contributed by atoms with E-state index in [9.17, 15) is 5.11 Å². The van der Waals surface area contributed by atoms with Gasteiger partial charge in [-0.25, -0.2) is 4.98 Å². The average Bonchev–Trinajstić information content (AvgIpc) is 2.63. The first-order chi connectivity index (χ1) is 12.1. The highest BCUT2D eigenvalue weighted by atomic mass is 16.5. The third-order valence-corrected chi connectivity index (χ3v) is 3.44. The Balaban J connectivity index is 2.03. The molecular formula is C18H17N3O4. The van der Waals surface area contributed by atoms with Gasteiger partial charge in [0.25, 0.3) is 5.88 Å². The molecule has 3 rings (SSSR count). The third-order valence-electron chi connectivity index (χ3n) is 3.44. The number of methoxy groups -OCH3 is 2. The average molecular weight is 339 g/mol. The number of aromatic hydroxyl groups is 1. The molecule has 3 N–H and O–H groups in total. The molecule has 128 valence electrons. The Morgan fingerprint density at radius 1 is 0.920 bits per heavy atom. The van der Waals surface area contributed by atoms with Gasteiger partial charge >= 0.3 is 0 Å². The Morgan fingerprint density at radius 3 is 2.36 bits per heavy atom. The quantitative estimate of drug-likeness (QED) is 0.736. The van der Waals surface area contributed by atoms with Crippen LogP contribution >= 0.6 is 0 Å². The number of anilines is 1. The number of phenolic OH excluding ortho intramolecular Hbond substituents is 1. The fraction of sp³-hybridized carbons (Fsp3) is 0.111. The van der Waals surface area contributed by atoms with Gasteiger partial charge in [0.2, 0.25) is 5.75 Å². The lowest BCUT2D eigenvalue weighted by molar-refractivity contribution is 0.348. The van der Waals surface area contributed by atoms with Crippen LogP contribution in [-0.4, -0.2) is 29.3 Å². The van der Waals surface area contributed by atoms with Crippen molar-refractivity contribution < 1.29 is 19.3 Å². The molecule has 0 amide bonds. The van der Waals surface area contributed by atoms with Crippen molar-refractivity contribution in [1.29, 1.82) is 0 Å². The van der Waals surface area contributed by atoms with E-state index in [4.69, 9.17) is 19.9 Å². The highest BCUT2D eigenvalue weighted by Crippen LogP contribution is 2.39. The van der Waals surface area contributed by atoms with Crippen LogP contribution in [-0.2, 0) is 0 Å². The van der Waals surface area contributed by atoms with Crippen molar-refractivity contribution in [2.45, 2.75) is 0 Å². The second kappa shape index (κ2) is 6.96. The number of benzene rings is 2. The molecule has 7 heteroatoms. The predicted molar refractivity (Wildman–Crippen MR) is 93.2 cm³/mol. The zero-order chi connectivity index (χ0) is 17.8. The maximum atomic E-state index is 9.62. The predicted octanol–water partition coefficient (Wildman–Crippen LogP) is 3.24. The molecule has 1 aromatic heterocycles. The minimum atomic E-state index is 0.105. The van der Waals surface area contributed by atoms with Gasteiger partial charge in [-0.3, -0.25) is 0 Å². The summed E-state index contributed by atoms with van der Waals surface area (Å²) in [5, 5.41) is 9.62. The lowest BCUT2D eigenvalue weighted by Crippen LogP contribution is -2.03. The van der Waals surface area contributed by atoms with Gasteiger partial charge < -0.3 is 25.1 Å². The molecule has 0 fully saturated rings. The number of rotatable bonds is 5. The smallest absolute Gasteiger partial charge is 0.263 e. The SMILES string of the molecule is COc1ccccc1Oc1c(N)nc(-c2cccc(O)c2)nc1OC. The molecule has 0 saturated carbocycles. The van der Waals surface area contributed by atoms with Gasteiger partial charge in [0.05, 0.1) is 14.2 Å². The number of phenols is 1. The number of nitrogen functional groups attached to an aromatic ring is 1. The fourth-order valence-corrected chi connectivity index (χ4v) is 2.27. The first-order valence-electron chi connectivity index (χ1n) is 7.44. The summed E-state index contributed by atoms with van der Waals surface area (Å²) in [6.45, 7) is 0. The minimum Gasteiger partial charge on any atom is -0.508 e. The van der Waals surface area contributed by atoms with Crippen LogP contribution in [0, 0.1) is 0 Å². The molecule has 0 atom stereocenters. The van der Waals surface area contributed by atoms with E-state index in [0.717, 1.165) is 0 Å². The molecule has 0 aliphatic carbocycles. The van der Waals surface area contributed by atoms with Crippen molar-refractivity contribution in [2.75, 3.05) is 20.0 Å². The second-order valence-electron chi connectivity index (χ2n) is 5.07. The Labute approximate surface area is 144 Å². The zero-order valence-corrected chi connectivity index (χ0v) is 13.8. The maximum absolute atomic E-state index is 9.62. The summed E-state index contributed by atoms with van der Waals surface area (Å²) in [6, 6.07) is 13.7. The van der Waals surface area contributed by atoms with E-state index >= 15 is 0 Å². The van der Waals surface area contributed by atoms with E-state index in [1.807, 2.05) is 12.1 Å². The van der Waals surface area contributed by atoms with Crippen LogP contribution in [0.4, 0.5) is 5.82 Å². The van der Waals surface area contributed by atoms with E-state index in [-0.39, 0.29) is 23.2 Å². The first kappa shape index (κ1) is 16.4. The Bertz CT molecular complexity index is 899. The van der Waals surface area contributed by atoms with E-state index in [0.29, 0.717) is 22.9 Å². The molecule has 0 unspecified atom stereocenters. The number of hydrogen-bond acceptors (Lipinski definition) is 7. The van der Waals surface area contributed by atoms with Gasteiger partial charge in [-0.2, -0.15) is 4.98 Å². The van der Waals surface area contributed by atoms with Crippen LogP contribution in [0.3, 0.4) is 0 Å². The van der Waals surface area contributed by atoms with Gasteiger partial charge in [-0.15, -0.1) is 0 Å². The monoisotopic (exact) mass is 339 g/mol. The minimum absolute atomic E-state index is 0.105. The summed E-state index contributed by atoms with van der Waals surface area (Å²) in [4.78, 5) is 8.58. The van der Waals surface area contributed by atoms with E-state index in [1.54, 1.807) is 37.4 Å². The lowest BCUT2D eigenvalue weighted by atomic mass is 10.2. The maximum Gasteiger partial charge on any atom is 0.263 e. The normalized spacial score (nSPS) is 10.3. The standard InChI is InChI=1S/C18H17N3O4/c1-23-13-8-3-4-9-14(13)25-15-16(19)20-17(21-18(15)24-2)11-6-5-7-12(22)10-11/h3-10,22H,1-2H3,(H2,19,20,21). The summed E-state index contributed by atoms with van der Waals surface area (Å²) in [5.41, 5.74) is 6.66. The number of aromatic nitrogens is 2. The van der Waals surface area contributed by atoms with Crippen LogP contribution in [0.25, 0.3) is 11.4 Å².